The van der Waals surface area contributed by atoms with E-state index in [0.29, 0.717) is 12.8 Å². The summed E-state index contributed by atoms with van der Waals surface area (Å²) in [5.74, 6) is -1.80. The minimum absolute atomic E-state index is 0.0743. The highest BCUT2D eigenvalue weighted by atomic mass is 19.1. The highest BCUT2D eigenvalue weighted by Gasteiger charge is 2.38. The van der Waals surface area contributed by atoms with Gasteiger partial charge in [-0.15, -0.1) is 0 Å². The molecule has 1 aliphatic carbocycles. The van der Waals surface area contributed by atoms with Gasteiger partial charge < -0.3 is 21.4 Å². The van der Waals surface area contributed by atoms with Gasteiger partial charge in [-0.05, 0) is 25.0 Å². The molecule has 1 aromatic rings. The summed E-state index contributed by atoms with van der Waals surface area (Å²) in [5, 5.41) is 23.8. The lowest BCUT2D eigenvalue weighted by atomic mass is 9.80. The van der Waals surface area contributed by atoms with Crippen molar-refractivity contribution in [3.63, 3.8) is 0 Å². The van der Waals surface area contributed by atoms with Crippen LogP contribution in [0, 0.1) is 5.82 Å². The van der Waals surface area contributed by atoms with Crippen molar-refractivity contribution >= 4 is 11.7 Å². The highest BCUT2D eigenvalue weighted by molar-refractivity contribution is 6.00. The van der Waals surface area contributed by atoms with Crippen molar-refractivity contribution in [3.05, 3.63) is 29.6 Å². The summed E-state index contributed by atoms with van der Waals surface area (Å²) in [4.78, 5) is 12.2. The number of benzene rings is 1. The fraction of sp³-hybridized carbons (Fsp3) is 0.429. The summed E-state index contributed by atoms with van der Waals surface area (Å²) in [5.41, 5.74) is 4.58. The van der Waals surface area contributed by atoms with Gasteiger partial charge >= 0.3 is 0 Å². The van der Waals surface area contributed by atoms with Gasteiger partial charge in [-0.1, -0.05) is 24.4 Å². The van der Waals surface area contributed by atoms with Crippen molar-refractivity contribution in [1.82, 2.24) is 5.32 Å². The van der Waals surface area contributed by atoms with Crippen LogP contribution in [0.3, 0.4) is 0 Å². The summed E-state index contributed by atoms with van der Waals surface area (Å²) in [7, 11) is 0. The molecule has 1 fully saturated rings. The van der Waals surface area contributed by atoms with E-state index < -0.39 is 17.3 Å². The van der Waals surface area contributed by atoms with E-state index >= 15 is 0 Å². The summed E-state index contributed by atoms with van der Waals surface area (Å²) in [6.45, 7) is 0. The molecule has 6 nitrogen and oxygen atoms in total. The molecule has 0 heterocycles. The molecule has 5 N–H and O–H groups in total. The second-order valence-corrected chi connectivity index (χ2v) is 5.25. The van der Waals surface area contributed by atoms with Crippen LogP contribution in [0.4, 0.5) is 4.39 Å². The third-order valence-corrected chi connectivity index (χ3v) is 3.86. The van der Waals surface area contributed by atoms with E-state index in [1.165, 1.54) is 12.1 Å². The summed E-state index contributed by atoms with van der Waals surface area (Å²) < 4.78 is 13.7. The Balaban J connectivity index is 2.26. The molecule has 0 aliphatic heterocycles. The van der Waals surface area contributed by atoms with Crippen LogP contribution < -0.4 is 11.1 Å². The van der Waals surface area contributed by atoms with Crippen molar-refractivity contribution in [2.45, 2.75) is 37.6 Å². The molecule has 2 rings (SSSR count). The number of phenols is 1. The predicted molar refractivity (Wildman–Crippen MR) is 74.8 cm³/mol. The summed E-state index contributed by atoms with van der Waals surface area (Å²) >= 11 is 0. The number of hydrogen-bond donors (Lipinski definition) is 4. The van der Waals surface area contributed by atoms with Crippen LogP contribution in [0.25, 0.3) is 0 Å². The molecule has 1 aromatic carbocycles. The third-order valence-electron chi connectivity index (χ3n) is 3.86. The zero-order chi connectivity index (χ0) is 15.5. The molecule has 1 saturated carbocycles. The second-order valence-electron chi connectivity index (χ2n) is 5.25. The molecule has 0 bridgehead atoms. The molecule has 1 amide bonds. The maximum Gasteiger partial charge on any atom is 0.255 e. The molecule has 7 heteroatoms. The summed E-state index contributed by atoms with van der Waals surface area (Å²) in [6.07, 6.45) is 3.73. The molecule has 1 aliphatic rings. The van der Waals surface area contributed by atoms with Crippen LogP contribution >= 0.6 is 0 Å². The zero-order valence-corrected chi connectivity index (χ0v) is 11.5. The molecule has 0 radical (unpaired) electrons. The summed E-state index contributed by atoms with van der Waals surface area (Å²) in [6, 6.07) is 3.30. The van der Waals surface area contributed by atoms with Gasteiger partial charge in [0.25, 0.3) is 5.91 Å². The van der Waals surface area contributed by atoms with Crippen LogP contribution in [-0.4, -0.2) is 27.6 Å². The number of nitrogens with zero attached hydrogens (tertiary/aromatic N) is 1. The number of amidine groups is 1. The average molecular weight is 295 g/mol. The number of amides is 1. The van der Waals surface area contributed by atoms with Crippen molar-refractivity contribution in [3.8, 4) is 5.75 Å². The number of nitrogens with one attached hydrogen (secondary N) is 1. The van der Waals surface area contributed by atoms with Crippen molar-refractivity contribution in [1.29, 1.82) is 0 Å². The van der Waals surface area contributed by atoms with E-state index in [4.69, 9.17) is 10.9 Å². The SMILES string of the molecule is N/C(=N/O)C1(NC(=O)c2ccc(O)cc2F)CCCCC1. The van der Waals surface area contributed by atoms with Crippen LogP contribution in [0.15, 0.2) is 23.4 Å². The van der Waals surface area contributed by atoms with Crippen LogP contribution in [0.2, 0.25) is 0 Å². The Morgan fingerprint density at radius 2 is 2.00 bits per heavy atom. The average Bonchev–Trinajstić information content (AvgIpc) is 2.47. The van der Waals surface area contributed by atoms with Gasteiger partial charge in [-0.2, -0.15) is 0 Å². The van der Waals surface area contributed by atoms with E-state index in [1.807, 2.05) is 0 Å². The Hall–Kier alpha value is -2.31. The first-order valence-corrected chi connectivity index (χ1v) is 6.77. The van der Waals surface area contributed by atoms with Gasteiger partial charge in [-0.25, -0.2) is 4.39 Å². The normalized spacial score (nSPS) is 18.2. The number of nitrogens with two attached hydrogens (primary N) is 1. The number of oxime groups is 1. The lowest BCUT2D eigenvalue weighted by Gasteiger charge is -2.36. The minimum Gasteiger partial charge on any atom is -0.508 e. The predicted octanol–water partition coefficient (Wildman–Crippen LogP) is 1.71. The Bertz CT molecular complexity index is 569. The van der Waals surface area contributed by atoms with Crippen molar-refractivity contribution in [2.75, 3.05) is 0 Å². The van der Waals surface area contributed by atoms with E-state index in [-0.39, 0.29) is 17.1 Å². The molecule has 0 aromatic heterocycles. The monoisotopic (exact) mass is 295 g/mol. The molecular weight excluding hydrogens is 277 g/mol. The maximum atomic E-state index is 13.7. The minimum atomic E-state index is -0.950. The molecule has 0 saturated heterocycles. The lowest BCUT2D eigenvalue weighted by molar-refractivity contribution is 0.0901. The number of carbonyl (C=O) groups is 1. The van der Waals surface area contributed by atoms with Crippen LogP contribution in [-0.2, 0) is 0 Å². The smallest absolute Gasteiger partial charge is 0.255 e. The fourth-order valence-electron chi connectivity index (χ4n) is 2.67. The number of aromatic hydroxyl groups is 1. The number of phenolic OH excluding ortho intramolecular Hbond substituents is 1. The second kappa shape index (κ2) is 5.99. The third kappa shape index (κ3) is 3.07. The van der Waals surface area contributed by atoms with Crippen LogP contribution in [0.5, 0.6) is 5.75 Å². The highest BCUT2D eigenvalue weighted by Crippen LogP contribution is 2.29. The van der Waals surface area contributed by atoms with Crippen molar-refractivity contribution < 1.29 is 19.5 Å². The molecule has 21 heavy (non-hydrogen) atoms. The quantitative estimate of drug-likeness (QED) is 0.294. The van der Waals surface area contributed by atoms with E-state index in [0.717, 1.165) is 25.3 Å². The van der Waals surface area contributed by atoms with Gasteiger partial charge in [0.15, 0.2) is 5.84 Å². The Morgan fingerprint density at radius 1 is 1.33 bits per heavy atom. The molecule has 0 unspecified atom stereocenters. The number of rotatable bonds is 3. The Morgan fingerprint density at radius 3 is 2.57 bits per heavy atom. The molecule has 0 atom stereocenters. The zero-order valence-electron chi connectivity index (χ0n) is 11.5. The number of carbonyl (C=O) groups excluding carboxylic acids is 1. The maximum absolute atomic E-state index is 13.7. The Kier molecular flexibility index (Phi) is 4.30. The van der Waals surface area contributed by atoms with Gasteiger partial charge in [-0.3, -0.25) is 4.79 Å². The topological polar surface area (TPSA) is 108 Å². The Labute approximate surface area is 121 Å². The molecule has 114 valence electrons. The van der Waals surface area contributed by atoms with E-state index in [2.05, 4.69) is 10.5 Å². The van der Waals surface area contributed by atoms with Crippen LogP contribution in [0.1, 0.15) is 42.5 Å². The molecule has 0 spiro atoms. The molecular formula is C14H18FN3O3. The standard InChI is InChI=1S/C14H18FN3O3/c15-11-8-9(19)4-5-10(11)12(20)17-14(13(16)18-21)6-2-1-3-7-14/h4-5,8,19,21H,1-3,6-7H2,(H2,16,18)(H,17,20). The first-order chi connectivity index (χ1) is 9.98. The van der Waals surface area contributed by atoms with Crippen molar-refractivity contribution in [2.24, 2.45) is 10.9 Å². The van der Waals surface area contributed by atoms with E-state index in [1.54, 1.807) is 0 Å². The first-order valence-electron chi connectivity index (χ1n) is 6.77. The van der Waals surface area contributed by atoms with Gasteiger partial charge in [0.2, 0.25) is 0 Å². The van der Waals surface area contributed by atoms with Gasteiger partial charge in [0, 0.05) is 6.07 Å². The van der Waals surface area contributed by atoms with Gasteiger partial charge in [0.05, 0.1) is 5.56 Å². The first kappa shape index (κ1) is 15.1. The number of hydrogen-bond acceptors (Lipinski definition) is 4. The largest absolute Gasteiger partial charge is 0.508 e. The van der Waals surface area contributed by atoms with Gasteiger partial charge in [0.1, 0.15) is 17.1 Å². The lowest BCUT2D eigenvalue weighted by Crippen LogP contribution is -2.58. The number of halogens is 1. The van der Waals surface area contributed by atoms with E-state index in [9.17, 15) is 14.3 Å². The fourth-order valence-corrected chi connectivity index (χ4v) is 2.67.